The van der Waals surface area contributed by atoms with E-state index in [1.54, 1.807) is 6.07 Å². The van der Waals surface area contributed by atoms with Gasteiger partial charge in [0.25, 0.3) is 0 Å². The summed E-state index contributed by atoms with van der Waals surface area (Å²) < 4.78 is 26.5. The second-order valence-electron chi connectivity index (χ2n) is 6.41. The zero-order valence-corrected chi connectivity index (χ0v) is 13.3. The summed E-state index contributed by atoms with van der Waals surface area (Å²) in [6.45, 7) is 9.67. The highest BCUT2D eigenvalue weighted by Gasteiger charge is 2.36. The van der Waals surface area contributed by atoms with Crippen molar-refractivity contribution in [3.63, 3.8) is 0 Å². The molecule has 1 atom stereocenters. The van der Waals surface area contributed by atoms with Gasteiger partial charge in [-0.3, -0.25) is 4.90 Å². The Hall–Kier alpha value is -1.00. The average Bonchev–Trinajstić information content (AvgIpc) is 2.97. The molecule has 0 spiro atoms. The van der Waals surface area contributed by atoms with Gasteiger partial charge in [-0.05, 0) is 70.4 Å². The largest absolute Gasteiger partial charge is 0.312 e. The van der Waals surface area contributed by atoms with Gasteiger partial charge in [-0.25, -0.2) is 8.78 Å². The first-order chi connectivity index (χ1) is 9.95. The Labute approximate surface area is 126 Å². The first-order valence-electron chi connectivity index (χ1n) is 7.87. The van der Waals surface area contributed by atoms with E-state index in [2.05, 4.69) is 31.0 Å². The van der Waals surface area contributed by atoms with Crippen molar-refractivity contribution in [2.75, 3.05) is 19.6 Å². The highest BCUT2D eigenvalue weighted by Crippen LogP contribution is 2.26. The Morgan fingerprint density at radius 2 is 1.86 bits per heavy atom. The van der Waals surface area contributed by atoms with E-state index in [4.69, 9.17) is 0 Å². The SMILES string of the molecule is CCNC(Cc1ccc(F)c(F)c1)C(C)(C)N1CCCC1. The molecule has 2 nitrogen and oxygen atoms in total. The van der Waals surface area contributed by atoms with E-state index in [0.717, 1.165) is 25.2 Å². The zero-order chi connectivity index (χ0) is 15.5. The summed E-state index contributed by atoms with van der Waals surface area (Å²) in [5.74, 6) is -1.54. The average molecular weight is 296 g/mol. The molecule has 118 valence electrons. The maximum Gasteiger partial charge on any atom is 0.159 e. The van der Waals surface area contributed by atoms with Crippen molar-refractivity contribution in [1.82, 2.24) is 10.2 Å². The van der Waals surface area contributed by atoms with E-state index in [1.807, 2.05) is 0 Å². The third-order valence-electron chi connectivity index (χ3n) is 4.65. The first kappa shape index (κ1) is 16.4. The zero-order valence-electron chi connectivity index (χ0n) is 13.3. The molecule has 0 aromatic heterocycles. The smallest absolute Gasteiger partial charge is 0.159 e. The van der Waals surface area contributed by atoms with Gasteiger partial charge in [0.15, 0.2) is 11.6 Å². The number of likely N-dealkylation sites (tertiary alicyclic amines) is 1. The number of benzene rings is 1. The van der Waals surface area contributed by atoms with Gasteiger partial charge in [-0.1, -0.05) is 13.0 Å². The molecule has 1 aliphatic rings. The van der Waals surface area contributed by atoms with Crippen molar-refractivity contribution in [1.29, 1.82) is 0 Å². The normalized spacial score (nSPS) is 18.1. The summed E-state index contributed by atoms with van der Waals surface area (Å²) in [4.78, 5) is 2.50. The van der Waals surface area contributed by atoms with Crippen molar-refractivity contribution in [3.05, 3.63) is 35.4 Å². The highest BCUT2D eigenvalue weighted by atomic mass is 19.2. The maximum atomic E-state index is 13.4. The second-order valence-corrected chi connectivity index (χ2v) is 6.41. The Bertz CT molecular complexity index is 468. The number of halogens is 2. The van der Waals surface area contributed by atoms with Gasteiger partial charge in [-0.15, -0.1) is 0 Å². The quantitative estimate of drug-likeness (QED) is 0.866. The molecule has 21 heavy (non-hydrogen) atoms. The minimum absolute atomic E-state index is 0.00261. The topological polar surface area (TPSA) is 15.3 Å². The van der Waals surface area contributed by atoms with Crippen molar-refractivity contribution >= 4 is 0 Å². The molecule has 0 amide bonds. The fourth-order valence-electron chi connectivity index (χ4n) is 3.23. The van der Waals surface area contributed by atoms with Gasteiger partial charge in [0, 0.05) is 11.6 Å². The van der Waals surface area contributed by atoms with Gasteiger partial charge in [0.1, 0.15) is 0 Å². The molecule has 1 aromatic rings. The maximum absolute atomic E-state index is 13.4. The Morgan fingerprint density at radius 3 is 2.43 bits per heavy atom. The summed E-state index contributed by atoms with van der Waals surface area (Å²) in [5, 5.41) is 3.52. The molecule has 4 heteroatoms. The molecule has 0 radical (unpaired) electrons. The minimum Gasteiger partial charge on any atom is -0.312 e. The van der Waals surface area contributed by atoms with Crippen LogP contribution in [0, 0.1) is 11.6 Å². The van der Waals surface area contributed by atoms with E-state index >= 15 is 0 Å². The highest BCUT2D eigenvalue weighted by molar-refractivity contribution is 5.20. The van der Waals surface area contributed by atoms with E-state index in [1.165, 1.54) is 25.0 Å². The van der Waals surface area contributed by atoms with Crippen molar-refractivity contribution in [2.24, 2.45) is 0 Å². The van der Waals surface area contributed by atoms with E-state index in [-0.39, 0.29) is 11.6 Å². The number of likely N-dealkylation sites (N-methyl/N-ethyl adjacent to an activating group) is 1. The molecule has 1 unspecified atom stereocenters. The Morgan fingerprint density at radius 1 is 1.19 bits per heavy atom. The molecule has 0 saturated carbocycles. The van der Waals surface area contributed by atoms with Crippen molar-refractivity contribution in [2.45, 2.75) is 51.6 Å². The van der Waals surface area contributed by atoms with Gasteiger partial charge in [0.2, 0.25) is 0 Å². The Kier molecular flexibility index (Phi) is 5.33. The predicted octanol–water partition coefficient (Wildman–Crippen LogP) is 3.36. The van der Waals surface area contributed by atoms with Crippen molar-refractivity contribution < 1.29 is 8.78 Å². The lowest BCUT2D eigenvalue weighted by molar-refractivity contribution is 0.107. The summed E-state index contributed by atoms with van der Waals surface area (Å²) in [7, 11) is 0. The molecular formula is C17H26F2N2. The van der Waals surface area contributed by atoms with Crippen LogP contribution in [0.4, 0.5) is 8.78 Å². The molecule has 2 rings (SSSR count). The number of hydrogen-bond donors (Lipinski definition) is 1. The van der Waals surface area contributed by atoms with Crippen LogP contribution in [0.25, 0.3) is 0 Å². The standard InChI is InChI=1S/C17H26F2N2/c1-4-20-16(17(2,3)21-9-5-6-10-21)12-13-7-8-14(18)15(19)11-13/h7-8,11,16,20H,4-6,9-10,12H2,1-3H3. The summed E-state index contributed by atoms with van der Waals surface area (Å²) in [6.07, 6.45) is 3.19. The van der Waals surface area contributed by atoms with Crippen LogP contribution in [-0.4, -0.2) is 36.1 Å². The number of rotatable bonds is 6. The van der Waals surface area contributed by atoms with Crippen LogP contribution in [0.5, 0.6) is 0 Å². The summed E-state index contributed by atoms with van der Waals surface area (Å²) >= 11 is 0. The number of hydrogen-bond acceptors (Lipinski definition) is 2. The third-order valence-corrected chi connectivity index (χ3v) is 4.65. The molecular weight excluding hydrogens is 270 g/mol. The lowest BCUT2D eigenvalue weighted by atomic mass is 9.87. The molecule has 0 aliphatic carbocycles. The summed E-state index contributed by atoms with van der Waals surface area (Å²) in [6, 6.07) is 4.43. The first-order valence-corrected chi connectivity index (χ1v) is 7.87. The fraction of sp³-hybridized carbons (Fsp3) is 0.647. The van der Waals surface area contributed by atoms with Crippen LogP contribution in [0.15, 0.2) is 18.2 Å². The van der Waals surface area contributed by atoms with Crippen LogP contribution in [-0.2, 0) is 6.42 Å². The lowest BCUT2D eigenvalue weighted by Gasteiger charge is -2.42. The molecule has 1 aromatic carbocycles. The predicted molar refractivity (Wildman–Crippen MR) is 82.4 cm³/mol. The van der Waals surface area contributed by atoms with Gasteiger partial charge >= 0.3 is 0 Å². The lowest BCUT2D eigenvalue weighted by Crippen LogP contribution is -2.57. The van der Waals surface area contributed by atoms with Crippen LogP contribution in [0.3, 0.4) is 0 Å². The monoisotopic (exact) mass is 296 g/mol. The van der Waals surface area contributed by atoms with Crippen LogP contribution in [0.1, 0.15) is 39.2 Å². The molecule has 1 heterocycles. The molecule has 1 fully saturated rings. The Balaban J connectivity index is 2.15. The molecule has 1 aliphatic heterocycles. The third kappa shape index (κ3) is 3.80. The van der Waals surface area contributed by atoms with Crippen LogP contribution < -0.4 is 5.32 Å². The van der Waals surface area contributed by atoms with Crippen LogP contribution in [0.2, 0.25) is 0 Å². The van der Waals surface area contributed by atoms with Gasteiger partial charge in [0.05, 0.1) is 0 Å². The van der Waals surface area contributed by atoms with Gasteiger partial charge < -0.3 is 5.32 Å². The molecule has 1 saturated heterocycles. The number of nitrogens with zero attached hydrogens (tertiary/aromatic N) is 1. The van der Waals surface area contributed by atoms with Gasteiger partial charge in [-0.2, -0.15) is 0 Å². The van der Waals surface area contributed by atoms with E-state index in [0.29, 0.717) is 6.42 Å². The van der Waals surface area contributed by atoms with Crippen LogP contribution >= 0.6 is 0 Å². The fourth-order valence-corrected chi connectivity index (χ4v) is 3.23. The molecule has 1 N–H and O–H groups in total. The van der Waals surface area contributed by atoms with Crippen molar-refractivity contribution in [3.8, 4) is 0 Å². The second kappa shape index (κ2) is 6.84. The minimum atomic E-state index is -0.780. The van der Waals surface area contributed by atoms with E-state index in [9.17, 15) is 8.78 Å². The molecule has 0 bridgehead atoms. The number of nitrogens with one attached hydrogen (secondary N) is 1. The summed E-state index contributed by atoms with van der Waals surface area (Å²) in [5.41, 5.74) is 0.837. The van der Waals surface area contributed by atoms with E-state index < -0.39 is 11.6 Å².